The molecule has 5 nitrogen and oxygen atoms in total. The van der Waals surface area contributed by atoms with Crippen LogP contribution < -0.4 is 10.5 Å². The van der Waals surface area contributed by atoms with Crippen LogP contribution in [-0.2, 0) is 4.74 Å². The van der Waals surface area contributed by atoms with Crippen LogP contribution in [0.5, 0.6) is 0 Å². The van der Waals surface area contributed by atoms with E-state index in [1.54, 1.807) is 4.57 Å². The average molecular weight is 456 g/mol. The van der Waals surface area contributed by atoms with E-state index in [0.29, 0.717) is 10.3 Å². The zero-order valence-electron chi connectivity index (χ0n) is 18.9. The molecule has 0 N–H and O–H groups in total. The van der Waals surface area contributed by atoms with E-state index in [9.17, 15) is 10.1 Å². The summed E-state index contributed by atoms with van der Waals surface area (Å²) in [6.45, 7) is 7.95. The molecular weight excluding hydrogens is 430 g/mol. The molecule has 1 unspecified atom stereocenters. The largest absolute Gasteiger partial charge is 0.372 e. The molecule has 5 rings (SSSR count). The van der Waals surface area contributed by atoms with Crippen molar-refractivity contribution in [2.24, 2.45) is 0 Å². The van der Waals surface area contributed by atoms with Gasteiger partial charge >= 0.3 is 0 Å². The number of rotatable bonds is 3. The highest BCUT2D eigenvalue weighted by Crippen LogP contribution is 2.34. The number of aromatic nitrogens is 1. The number of ether oxygens (including phenoxy) is 1. The minimum Gasteiger partial charge on any atom is -0.372 e. The Morgan fingerprint density at radius 1 is 1.00 bits per heavy atom. The number of thiophene rings is 1. The first kappa shape index (κ1) is 21.4. The molecule has 1 aliphatic rings. The Morgan fingerprint density at radius 3 is 2.36 bits per heavy atom. The van der Waals surface area contributed by atoms with Crippen LogP contribution in [0.3, 0.4) is 0 Å². The van der Waals surface area contributed by atoms with Gasteiger partial charge in [0.2, 0.25) is 0 Å². The predicted octanol–water partition coefficient (Wildman–Crippen LogP) is 5.51. The third-order valence-electron chi connectivity index (χ3n) is 6.13. The first-order chi connectivity index (χ1) is 15.9. The first-order valence-electron chi connectivity index (χ1n) is 11.1. The van der Waals surface area contributed by atoms with Gasteiger partial charge in [-0.25, -0.2) is 0 Å². The number of aryl methyl sites for hydroxylation is 1. The summed E-state index contributed by atoms with van der Waals surface area (Å²) in [6.07, 6.45) is 2.31. The van der Waals surface area contributed by atoms with Crippen molar-refractivity contribution < 1.29 is 4.74 Å². The lowest BCUT2D eigenvalue weighted by molar-refractivity contribution is -0.00521. The maximum absolute atomic E-state index is 13.5. The highest BCUT2D eigenvalue weighted by Gasteiger charge is 2.22. The maximum atomic E-state index is 13.5. The summed E-state index contributed by atoms with van der Waals surface area (Å²) in [4.78, 5) is 17.5. The van der Waals surface area contributed by atoms with Gasteiger partial charge in [-0.3, -0.25) is 9.36 Å². The molecule has 1 saturated heterocycles. The molecular formula is C27H25N3O2S. The fourth-order valence-corrected chi connectivity index (χ4v) is 5.59. The number of anilines is 1. The molecule has 2 aromatic carbocycles. The Morgan fingerprint density at radius 2 is 1.70 bits per heavy atom. The molecule has 6 heteroatoms. The topological polar surface area (TPSA) is 58.3 Å². The van der Waals surface area contributed by atoms with Crippen molar-refractivity contribution in [2.45, 2.75) is 33.0 Å². The number of benzene rings is 2. The number of morpholine rings is 1. The molecule has 0 radical (unpaired) electrons. The van der Waals surface area contributed by atoms with Crippen molar-refractivity contribution >= 4 is 27.8 Å². The smallest absolute Gasteiger partial charge is 0.262 e. The van der Waals surface area contributed by atoms with E-state index in [-0.39, 0.29) is 17.8 Å². The van der Waals surface area contributed by atoms with Gasteiger partial charge in [0, 0.05) is 51.9 Å². The second kappa shape index (κ2) is 8.51. The highest BCUT2D eigenvalue weighted by molar-refractivity contribution is 7.16. The van der Waals surface area contributed by atoms with Crippen molar-refractivity contribution in [3.8, 4) is 22.2 Å². The fraction of sp³-hybridized carbons (Fsp3) is 0.259. The van der Waals surface area contributed by atoms with Crippen LogP contribution in [0.15, 0.2) is 65.6 Å². The predicted molar refractivity (Wildman–Crippen MR) is 135 cm³/mol. The molecule has 1 fully saturated rings. The standard InChI is InChI=1S/C27H25N3O2S/c1-17-14-30(21-9-7-20(8-10-21)29-15-18(2)32-19(3)16-29)27(31)24-6-4-5-23(26(17)24)25-12-11-22(13-28)33-25/h4-12,14,18-19H,15-16H2,1-3H3/t18-,19?/m0/s1. The second-order valence-corrected chi connectivity index (χ2v) is 9.75. The van der Waals surface area contributed by atoms with E-state index < -0.39 is 0 Å². The van der Waals surface area contributed by atoms with Gasteiger partial charge in [-0.1, -0.05) is 12.1 Å². The van der Waals surface area contributed by atoms with Crippen LogP contribution in [0.4, 0.5) is 5.69 Å². The van der Waals surface area contributed by atoms with Gasteiger partial charge in [-0.15, -0.1) is 11.3 Å². The molecule has 0 spiro atoms. The first-order valence-corrected chi connectivity index (χ1v) is 11.9. The molecule has 3 heterocycles. The van der Waals surface area contributed by atoms with Crippen molar-refractivity contribution in [1.82, 2.24) is 4.57 Å². The van der Waals surface area contributed by atoms with E-state index in [0.717, 1.165) is 45.9 Å². The van der Waals surface area contributed by atoms with E-state index in [1.165, 1.54) is 11.3 Å². The fourth-order valence-electron chi connectivity index (χ4n) is 4.75. The Labute approximate surface area is 197 Å². The molecule has 166 valence electrons. The Bertz CT molecular complexity index is 1420. The number of fused-ring (bicyclic) bond motifs is 1. The maximum Gasteiger partial charge on any atom is 0.262 e. The second-order valence-electron chi connectivity index (χ2n) is 8.67. The number of pyridine rings is 1. The van der Waals surface area contributed by atoms with Crippen molar-refractivity contribution in [3.63, 3.8) is 0 Å². The minimum absolute atomic E-state index is 0.0455. The Hall–Kier alpha value is -3.40. The summed E-state index contributed by atoms with van der Waals surface area (Å²) in [7, 11) is 0. The van der Waals surface area contributed by atoms with Gasteiger partial charge < -0.3 is 9.64 Å². The molecule has 2 aromatic heterocycles. The molecule has 0 aliphatic carbocycles. The SMILES string of the molecule is Cc1cn(-c2ccc(N3CC(C)O[C@@H](C)C3)cc2)c(=O)c2cccc(-c3ccc(C#N)s3)c12. The van der Waals surface area contributed by atoms with E-state index in [4.69, 9.17) is 4.74 Å². The Kier molecular flexibility index (Phi) is 5.53. The third-order valence-corrected chi connectivity index (χ3v) is 7.15. The number of nitriles is 1. The van der Waals surface area contributed by atoms with Crippen LogP contribution in [0.2, 0.25) is 0 Å². The summed E-state index contributed by atoms with van der Waals surface area (Å²) in [5, 5.41) is 10.8. The van der Waals surface area contributed by atoms with Crippen LogP contribution in [0.1, 0.15) is 24.3 Å². The van der Waals surface area contributed by atoms with Crippen LogP contribution in [0.25, 0.3) is 26.9 Å². The average Bonchev–Trinajstić information content (AvgIpc) is 3.30. The van der Waals surface area contributed by atoms with Gasteiger partial charge in [0.25, 0.3) is 5.56 Å². The zero-order valence-corrected chi connectivity index (χ0v) is 19.7. The molecule has 0 saturated carbocycles. The lowest BCUT2D eigenvalue weighted by Crippen LogP contribution is -2.45. The van der Waals surface area contributed by atoms with E-state index >= 15 is 0 Å². The molecule has 1 aliphatic heterocycles. The summed E-state index contributed by atoms with van der Waals surface area (Å²) >= 11 is 1.45. The van der Waals surface area contributed by atoms with Gasteiger partial charge in [0.15, 0.2) is 0 Å². The zero-order chi connectivity index (χ0) is 23.1. The quantitative estimate of drug-likeness (QED) is 0.409. The normalized spacial score (nSPS) is 18.4. The summed E-state index contributed by atoms with van der Waals surface area (Å²) in [5.74, 6) is 0. The molecule has 4 aromatic rings. The summed E-state index contributed by atoms with van der Waals surface area (Å²) < 4.78 is 7.57. The monoisotopic (exact) mass is 455 g/mol. The number of hydrogen-bond donors (Lipinski definition) is 0. The van der Waals surface area contributed by atoms with Crippen LogP contribution >= 0.6 is 11.3 Å². The summed E-state index contributed by atoms with van der Waals surface area (Å²) in [6, 6.07) is 20.0. The van der Waals surface area contributed by atoms with Gasteiger partial charge in [0.05, 0.1) is 12.2 Å². The molecule has 0 bridgehead atoms. The van der Waals surface area contributed by atoms with E-state index in [1.807, 2.05) is 55.6 Å². The summed E-state index contributed by atoms with van der Waals surface area (Å²) in [5.41, 5.74) is 3.95. The van der Waals surface area contributed by atoms with E-state index in [2.05, 4.69) is 36.9 Å². The van der Waals surface area contributed by atoms with Gasteiger partial charge in [0.1, 0.15) is 10.9 Å². The van der Waals surface area contributed by atoms with Crippen LogP contribution in [0, 0.1) is 18.3 Å². The number of hydrogen-bond acceptors (Lipinski definition) is 5. The van der Waals surface area contributed by atoms with Gasteiger partial charge in [-0.05, 0) is 68.8 Å². The van der Waals surface area contributed by atoms with Crippen molar-refractivity contribution in [3.05, 3.63) is 81.6 Å². The molecule has 2 atom stereocenters. The van der Waals surface area contributed by atoms with Gasteiger partial charge in [-0.2, -0.15) is 5.26 Å². The Balaban J connectivity index is 1.55. The highest BCUT2D eigenvalue weighted by atomic mass is 32.1. The lowest BCUT2D eigenvalue weighted by Gasteiger charge is -2.36. The lowest BCUT2D eigenvalue weighted by atomic mass is 10.0. The molecule has 33 heavy (non-hydrogen) atoms. The third kappa shape index (κ3) is 3.95. The number of nitrogens with zero attached hydrogens (tertiary/aromatic N) is 3. The van der Waals surface area contributed by atoms with Crippen molar-refractivity contribution in [2.75, 3.05) is 18.0 Å². The minimum atomic E-state index is -0.0455. The van der Waals surface area contributed by atoms with Crippen molar-refractivity contribution in [1.29, 1.82) is 5.26 Å². The molecule has 0 amide bonds. The van der Waals surface area contributed by atoms with Crippen LogP contribution in [-0.4, -0.2) is 29.9 Å².